The summed E-state index contributed by atoms with van der Waals surface area (Å²) in [5.41, 5.74) is 1.69. The van der Waals surface area contributed by atoms with Crippen LogP contribution < -0.4 is 4.48 Å². The van der Waals surface area contributed by atoms with Gasteiger partial charge in [0, 0.05) is 5.75 Å². The number of sulfonamides is 1. The lowest BCUT2D eigenvalue weighted by molar-refractivity contribution is 0.421. The van der Waals surface area contributed by atoms with E-state index in [0.29, 0.717) is 12.1 Å². The van der Waals surface area contributed by atoms with Crippen molar-refractivity contribution < 1.29 is 8.42 Å². The van der Waals surface area contributed by atoms with Gasteiger partial charge in [0.1, 0.15) is 5.69 Å². The largest absolute Gasteiger partial charge is 0.577 e. The summed E-state index contributed by atoms with van der Waals surface area (Å²) < 4.78 is 29.2. The van der Waals surface area contributed by atoms with Crippen molar-refractivity contribution in [1.29, 1.82) is 0 Å². The molecular formula is C22H41IN2O2S. The lowest BCUT2D eigenvalue weighted by Gasteiger charge is -2.29. The summed E-state index contributed by atoms with van der Waals surface area (Å²) in [6.07, 6.45) is 12.0. The van der Waals surface area contributed by atoms with E-state index < -0.39 is 10.0 Å². The van der Waals surface area contributed by atoms with Crippen molar-refractivity contribution in [3.05, 3.63) is 29.0 Å². The zero-order valence-corrected chi connectivity index (χ0v) is 21.5. The third-order valence-corrected chi connectivity index (χ3v) is 6.63. The van der Waals surface area contributed by atoms with Crippen LogP contribution in [0.1, 0.15) is 78.1 Å². The topological polar surface area (TPSA) is 48.2 Å². The number of hydrogen-bond acceptors (Lipinski definition) is 2. The Morgan fingerprint density at radius 2 is 1.25 bits per heavy atom. The number of nitrogens with zero attached hydrogens (tertiary/aromatic N) is 2. The van der Waals surface area contributed by atoms with Gasteiger partial charge in [0.05, 0.1) is 30.7 Å². The predicted octanol–water partition coefficient (Wildman–Crippen LogP) is 7.15. The first-order valence-corrected chi connectivity index (χ1v) is 12.3. The molecular weight excluding hydrogens is 483 g/mol. The second-order valence-electron chi connectivity index (χ2n) is 8.08. The molecule has 1 aromatic carbocycles. The SMILES string of the molecule is CCCCCCCCCCCCS(=O)(=O)[N-]c1ccc([N+](C)(C)CC)cc1.I. The molecule has 0 N–H and O–H groups in total. The highest BCUT2D eigenvalue weighted by atomic mass is 127. The molecule has 0 heterocycles. The van der Waals surface area contributed by atoms with Gasteiger partial charge in [0.2, 0.25) is 0 Å². The van der Waals surface area contributed by atoms with Crippen LogP contribution in [0.4, 0.5) is 11.4 Å². The summed E-state index contributed by atoms with van der Waals surface area (Å²) in [6, 6.07) is 7.55. The number of benzene rings is 1. The molecule has 0 bridgehead atoms. The molecule has 1 aromatic rings. The summed E-state index contributed by atoms with van der Waals surface area (Å²) in [6.45, 7) is 5.35. The number of rotatable bonds is 15. The van der Waals surface area contributed by atoms with Crippen LogP contribution in [0.5, 0.6) is 0 Å². The molecule has 4 nitrogen and oxygen atoms in total. The van der Waals surface area contributed by atoms with Crippen molar-refractivity contribution in [2.45, 2.75) is 78.1 Å². The second kappa shape index (κ2) is 14.6. The minimum atomic E-state index is -3.38. The average Bonchev–Trinajstić information content (AvgIpc) is 2.63. The number of quaternary nitrogens is 1. The van der Waals surface area contributed by atoms with Gasteiger partial charge >= 0.3 is 0 Å². The maximum absolute atomic E-state index is 12.2. The van der Waals surface area contributed by atoms with E-state index in [2.05, 4.69) is 32.7 Å². The van der Waals surface area contributed by atoms with Crippen molar-refractivity contribution in [3.63, 3.8) is 0 Å². The van der Waals surface area contributed by atoms with Crippen LogP contribution in [0.25, 0.3) is 4.72 Å². The molecule has 0 amide bonds. The first kappa shape index (κ1) is 27.7. The fourth-order valence-corrected chi connectivity index (χ4v) is 4.18. The van der Waals surface area contributed by atoms with Crippen molar-refractivity contribution in [3.8, 4) is 0 Å². The average molecular weight is 525 g/mol. The van der Waals surface area contributed by atoms with Gasteiger partial charge < -0.3 is 4.72 Å². The monoisotopic (exact) mass is 524 g/mol. The Balaban J connectivity index is 0.00000729. The molecule has 6 heteroatoms. The third-order valence-electron chi connectivity index (χ3n) is 5.34. The van der Waals surface area contributed by atoms with E-state index in [9.17, 15) is 8.42 Å². The molecule has 0 aliphatic heterocycles. The van der Waals surface area contributed by atoms with Crippen LogP contribution in [0.2, 0.25) is 0 Å². The molecule has 0 unspecified atom stereocenters. The van der Waals surface area contributed by atoms with E-state index in [1.807, 2.05) is 12.1 Å². The molecule has 0 aliphatic carbocycles. The Kier molecular flexibility index (Phi) is 14.4. The fraction of sp³-hybridized carbons (Fsp3) is 0.727. The van der Waals surface area contributed by atoms with Gasteiger partial charge in [-0.2, -0.15) is 0 Å². The molecule has 0 aliphatic rings. The zero-order valence-electron chi connectivity index (χ0n) is 18.3. The highest BCUT2D eigenvalue weighted by molar-refractivity contribution is 14.0. The Morgan fingerprint density at radius 1 is 0.786 bits per heavy atom. The van der Waals surface area contributed by atoms with Crippen LogP contribution in [0, 0.1) is 0 Å². The van der Waals surface area contributed by atoms with Crippen molar-refractivity contribution in [2.75, 3.05) is 26.4 Å². The van der Waals surface area contributed by atoms with Crippen LogP contribution in [-0.4, -0.2) is 34.8 Å². The molecule has 0 aromatic heterocycles. The smallest absolute Gasteiger partial charge is 0.132 e. The first-order chi connectivity index (χ1) is 12.8. The first-order valence-electron chi connectivity index (χ1n) is 10.7. The van der Waals surface area contributed by atoms with Crippen LogP contribution >= 0.6 is 24.0 Å². The molecule has 1 rings (SSSR count). The number of halogens is 1. The third kappa shape index (κ3) is 11.6. The van der Waals surface area contributed by atoms with E-state index in [1.165, 1.54) is 44.9 Å². The van der Waals surface area contributed by atoms with E-state index in [0.717, 1.165) is 29.6 Å². The fourth-order valence-electron chi connectivity index (χ4n) is 3.08. The van der Waals surface area contributed by atoms with Gasteiger partial charge in [0.15, 0.2) is 0 Å². The van der Waals surface area contributed by atoms with E-state index in [-0.39, 0.29) is 29.7 Å². The van der Waals surface area contributed by atoms with Crippen LogP contribution in [0.15, 0.2) is 24.3 Å². The summed E-state index contributed by atoms with van der Waals surface area (Å²) in [5, 5.41) is 0. The minimum Gasteiger partial charge on any atom is -0.577 e. The van der Waals surface area contributed by atoms with E-state index in [4.69, 9.17) is 0 Å². The summed E-state index contributed by atoms with van der Waals surface area (Å²) in [4.78, 5) is 0. The summed E-state index contributed by atoms with van der Waals surface area (Å²) in [7, 11) is 0.890. The van der Waals surface area contributed by atoms with Crippen molar-refractivity contribution >= 4 is 45.4 Å². The van der Waals surface area contributed by atoms with E-state index in [1.54, 1.807) is 12.1 Å². The van der Waals surface area contributed by atoms with Crippen LogP contribution in [0.3, 0.4) is 0 Å². The van der Waals surface area contributed by atoms with E-state index >= 15 is 0 Å². The number of hydrogen-bond donors (Lipinski definition) is 0. The Labute approximate surface area is 191 Å². The maximum Gasteiger partial charge on any atom is 0.132 e. The normalized spacial score (nSPS) is 11.9. The lowest BCUT2D eigenvalue weighted by Crippen LogP contribution is -2.39. The highest BCUT2D eigenvalue weighted by Gasteiger charge is 2.14. The summed E-state index contributed by atoms with van der Waals surface area (Å²) >= 11 is 0. The molecule has 0 spiro atoms. The molecule has 0 fully saturated rings. The van der Waals surface area contributed by atoms with Gasteiger partial charge in [-0.1, -0.05) is 76.8 Å². The van der Waals surface area contributed by atoms with Gasteiger partial charge in [-0.3, -0.25) is 4.48 Å². The second-order valence-corrected chi connectivity index (χ2v) is 9.83. The molecule has 0 saturated carbocycles. The highest BCUT2D eigenvalue weighted by Crippen LogP contribution is 2.28. The van der Waals surface area contributed by atoms with Crippen molar-refractivity contribution in [1.82, 2.24) is 4.48 Å². The summed E-state index contributed by atoms with van der Waals surface area (Å²) in [5.74, 6) is 0.155. The van der Waals surface area contributed by atoms with Crippen LogP contribution in [-0.2, 0) is 10.0 Å². The standard InChI is InChI=1S/C22H40N2O2S.HI/c1-5-7-8-9-10-11-12-13-14-15-20-27(25,26)23-21-16-18-22(19-17-21)24(3,4)6-2;/h16-19H,5-15,20H2,1-4H3;1H. The molecule has 164 valence electrons. The quantitative estimate of drug-likeness (QED) is 0.139. The molecule has 0 atom stereocenters. The van der Waals surface area contributed by atoms with Gasteiger partial charge in [-0.15, -0.1) is 29.7 Å². The minimum absolute atomic E-state index is 0. The van der Waals surface area contributed by atoms with Gasteiger partial charge in [-0.25, -0.2) is 8.42 Å². The maximum atomic E-state index is 12.2. The zero-order chi connectivity index (χ0) is 20.2. The number of unbranched alkanes of at least 4 members (excludes halogenated alkanes) is 9. The van der Waals surface area contributed by atoms with Crippen molar-refractivity contribution in [2.24, 2.45) is 0 Å². The molecule has 28 heavy (non-hydrogen) atoms. The Hall–Kier alpha value is -0.340. The Morgan fingerprint density at radius 3 is 1.71 bits per heavy atom. The molecule has 0 radical (unpaired) electrons. The Bertz CT molecular complexity index is 616. The predicted molar refractivity (Wildman–Crippen MR) is 135 cm³/mol. The van der Waals surface area contributed by atoms with Gasteiger partial charge in [-0.05, 0) is 25.5 Å². The van der Waals surface area contributed by atoms with Gasteiger partial charge in [0.25, 0.3) is 0 Å². The molecule has 0 saturated heterocycles. The lowest BCUT2D eigenvalue weighted by atomic mass is 10.1.